The molecule has 0 atom stereocenters. The molecule has 0 saturated heterocycles. The Morgan fingerprint density at radius 3 is 2.50 bits per heavy atom. The van der Waals surface area contributed by atoms with Crippen molar-refractivity contribution in [3.63, 3.8) is 0 Å². The summed E-state index contributed by atoms with van der Waals surface area (Å²) in [5.74, 6) is 0. The van der Waals surface area contributed by atoms with Gasteiger partial charge in [-0.15, -0.1) is 0 Å². The largest absolute Gasteiger partial charge is 0.224 e. The molecule has 8 heavy (non-hydrogen) atoms. The summed E-state index contributed by atoms with van der Waals surface area (Å²) in [6.45, 7) is 5.96. The van der Waals surface area contributed by atoms with Crippen molar-refractivity contribution in [1.29, 1.82) is 0 Å². The molecule has 0 aromatic carbocycles. The average molecular weight is 129 g/mol. The molecule has 2 heteroatoms. The number of hydrogen-bond acceptors (Lipinski definition) is 2. The summed E-state index contributed by atoms with van der Waals surface area (Å²) in [5.41, 5.74) is 0. The Bertz CT molecular complexity index is 105. The summed E-state index contributed by atoms with van der Waals surface area (Å²) >= 11 is 1.51. The third-order valence-electron chi connectivity index (χ3n) is 0.709. The molecule has 0 amide bonds. The van der Waals surface area contributed by atoms with Crippen LogP contribution in [0.3, 0.4) is 0 Å². The van der Waals surface area contributed by atoms with Gasteiger partial charge >= 0.3 is 0 Å². The van der Waals surface area contributed by atoms with E-state index in [-0.39, 0.29) is 0 Å². The zero-order valence-electron chi connectivity index (χ0n) is 5.51. The summed E-state index contributed by atoms with van der Waals surface area (Å²) in [6.07, 6.45) is 3.83. The standard InChI is InChI=1S/C6H11NS/c1-4-6(3)8-7-5-2/h4-5H,1-3H3/b6-4-,7-5-. The molecule has 0 aliphatic heterocycles. The van der Waals surface area contributed by atoms with Crippen LogP contribution in [0.25, 0.3) is 0 Å². The molecule has 0 spiro atoms. The Labute approximate surface area is 55.0 Å². The molecule has 0 heterocycles. The maximum absolute atomic E-state index is 3.97. The summed E-state index contributed by atoms with van der Waals surface area (Å²) in [7, 11) is 0. The normalized spacial score (nSPS) is 13.1. The second kappa shape index (κ2) is 4.91. The average Bonchev–Trinajstić information content (AvgIpc) is 1.83. The van der Waals surface area contributed by atoms with Crippen LogP contribution in [0.5, 0.6) is 0 Å². The van der Waals surface area contributed by atoms with Gasteiger partial charge in [0.25, 0.3) is 0 Å². The minimum Gasteiger partial charge on any atom is -0.224 e. The van der Waals surface area contributed by atoms with Crippen molar-refractivity contribution in [2.45, 2.75) is 20.8 Å². The van der Waals surface area contributed by atoms with Crippen LogP contribution in [0.15, 0.2) is 15.4 Å². The van der Waals surface area contributed by atoms with Crippen molar-refractivity contribution in [3.05, 3.63) is 11.0 Å². The molecule has 0 fully saturated rings. The Morgan fingerprint density at radius 2 is 2.12 bits per heavy atom. The molecule has 46 valence electrons. The zero-order chi connectivity index (χ0) is 6.41. The van der Waals surface area contributed by atoms with Gasteiger partial charge in [0, 0.05) is 23.1 Å². The van der Waals surface area contributed by atoms with Crippen LogP contribution in [-0.2, 0) is 0 Å². The van der Waals surface area contributed by atoms with E-state index in [0.717, 1.165) is 0 Å². The third-order valence-corrected chi connectivity index (χ3v) is 1.55. The van der Waals surface area contributed by atoms with Gasteiger partial charge in [-0.1, -0.05) is 6.08 Å². The van der Waals surface area contributed by atoms with Gasteiger partial charge in [0.2, 0.25) is 0 Å². The summed E-state index contributed by atoms with van der Waals surface area (Å²) in [6, 6.07) is 0. The quantitative estimate of drug-likeness (QED) is 0.412. The van der Waals surface area contributed by atoms with E-state index in [1.807, 2.05) is 26.8 Å². The Hall–Kier alpha value is -0.240. The van der Waals surface area contributed by atoms with Crippen LogP contribution < -0.4 is 0 Å². The van der Waals surface area contributed by atoms with E-state index in [2.05, 4.69) is 4.40 Å². The van der Waals surface area contributed by atoms with Crippen molar-refractivity contribution >= 4 is 18.2 Å². The SMILES string of the molecule is C/C=N\S/C(C)=C\C. The van der Waals surface area contributed by atoms with E-state index in [4.69, 9.17) is 0 Å². The zero-order valence-corrected chi connectivity index (χ0v) is 6.33. The van der Waals surface area contributed by atoms with Crippen molar-refractivity contribution < 1.29 is 0 Å². The van der Waals surface area contributed by atoms with Crippen LogP contribution in [0.2, 0.25) is 0 Å². The van der Waals surface area contributed by atoms with Crippen LogP contribution in [0.4, 0.5) is 0 Å². The Morgan fingerprint density at radius 1 is 1.50 bits per heavy atom. The van der Waals surface area contributed by atoms with E-state index in [1.165, 1.54) is 16.9 Å². The number of nitrogens with zero attached hydrogens (tertiary/aromatic N) is 1. The van der Waals surface area contributed by atoms with E-state index in [1.54, 1.807) is 6.21 Å². The van der Waals surface area contributed by atoms with E-state index in [0.29, 0.717) is 0 Å². The molecular weight excluding hydrogens is 118 g/mol. The van der Waals surface area contributed by atoms with Crippen molar-refractivity contribution in [3.8, 4) is 0 Å². The van der Waals surface area contributed by atoms with Crippen molar-refractivity contribution in [2.75, 3.05) is 0 Å². The third kappa shape index (κ3) is 3.93. The lowest BCUT2D eigenvalue weighted by molar-refractivity contribution is 1.59. The highest BCUT2D eigenvalue weighted by Crippen LogP contribution is 2.13. The van der Waals surface area contributed by atoms with E-state index >= 15 is 0 Å². The van der Waals surface area contributed by atoms with Gasteiger partial charge in [0.05, 0.1) is 0 Å². The fourth-order valence-electron chi connectivity index (χ4n) is 0.189. The smallest absolute Gasteiger partial charge is 0.00987 e. The number of allylic oxidation sites excluding steroid dienone is 2. The lowest BCUT2D eigenvalue weighted by Crippen LogP contribution is -1.59. The first-order valence-corrected chi connectivity index (χ1v) is 3.36. The molecule has 0 rings (SSSR count). The molecule has 1 nitrogen and oxygen atoms in total. The molecule has 0 radical (unpaired) electrons. The summed E-state index contributed by atoms with van der Waals surface area (Å²) < 4.78 is 3.97. The number of rotatable bonds is 2. The first-order valence-electron chi connectivity index (χ1n) is 2.59. The summed E-state index contributed by atoms with van der Waals surface area (Å²) in [5, 5.41) is 0. The lowest BCUT2D eigenvalue weighted by atomic mass is 10.6. The molecule has 0 aromatic heterocycles. The van der Waals surface area contributed by atoms with Gasteiger partial charge in [-0.2, -0.15) is 0 Å². The molecule has 0 unspecified atom stereocenters. The number of hydrogen-bond donors (Lipinski definition) is 0. The highest BCUT2D eigenvalue weighted by atomic mass is 32.2. The van der Waals surface area contributed by atoms with Crippen LogP contribution >= 0.6 is 11.9 Å². The topological polar surface area (TPSA) is 12.4 Å². The Kier molecular flexibility index (Phi) is 4.76. The van der Waals surface area contributed by atoms with Crippen LogP contribution in [0.1, 0.15) is 20.8 Å². The minimum absolute atomic E-state index is 1.24. The summed E-state index contributed by atoms with van der Waals surface area (Å²) in [4.78, 5) is 1.24. The molecule has 0 saturated carbocycles. The fraction of sp³-hybridized carbons (Fsp3) is 0.500. The van der Waals surface area contributed by atoms with E-state index < -0.39 is 0 Å². The second-order valence-corrected chi connectivity index (χ2v) is 2.39. The molecular formula is C6H11NS. The molecule has 0 aliphatic carbocycles. The van der Waals surface area contributed by atoms with E-state index in [9.17, 15) is 0 Å². The molecule has 0 N–H and O–H groups in total. The molecule has 0 aromatic rings. The van der Waals surface area contributed by atoms with Gasteiger partial charge in [-0.25, -0.2) is 4.40 Å². The van der Waals surface area contributed by atoms with Gasteiger partial charge < -0.3 is 0 Å². The van der Waals surface area contributed by atoms with Gasteiger partial charge in [0.1, 0.15) is 0 Å². The minimum atomic E-state index is 1.24. The first-order chi connectivity index (χ1) is 3.81. The van der Waals surface area contributed by atoms with Crippen LogP contribution in [0, 0.1) is 0 Å². The predicted octanol–water partition coefficient (Wildman–Crippen LogP) is 2.65. The molecule has 0 bridgehead atoms. The first kappa shape index (κ1) is 7.76. The maximum atomic E-state index is 3.97. The van der Waals surface area contributed by atoms with Crippen LogP contribution in [-0.4, -0.2) is 6.21 Å². The fourth-order valence-corrected chi connectivity index (χ4v) is 0.566. The monoisotopic (exact) mass is 129 g/mol. The highest BCUT2D eigenvalue weighted by Gasteiger charge is 1.79. The van der Waals surface area contributed by atoms with Crippen molar-refractivity contribution in [1.82, 2.24) is 0 Å². The maximum Gasteiger partial charge on any atom is 0.00987 e. The van der Waals surface area contributed by atoms with Crippen molar-refractivity contribution in [2.24, 2.45) is 4.40 Å². The second-order valence-electron chi connectivity index (χ2n) is 1.35. The van der Waals surface area contributed by atoms with Gasteiger partial charge in [-0.3, -0.25) is 0 Å². The highest BCUT2D eigenvalue weighted by molar-refractivity contribution is 8.01. The lowest BCUT2D eigenvalue weighted by Gasteiger charge is -1.87. The Balaban J connectivity index is 3.40. The van der Waals surface area contributed by atoms with Gasteiger partial charge in [0.15, 0.2) is 0 Å². The predicted molar refractivity (Wildman–Crippen MR) is 41.2 cm³/mol. The molecule has 0 aliphatic rings. The van der Waals surface area contributed by atoms with Gasteiger partial charge in [-0.05, 0) is 20.8 Å².